The van der Waals surface area contributed by atoms with Gasteiger partial charge in [-0.25, -0.2) is 8.42 Å². The van der Waals surface area contributed by atoms with E-state index >= 15 is 0 Å². The Morgan fingerprint density at radius 1 is 0.929 bits per heavy atom. The van der Waals surface area contributed by atoms with Crippen LogP contribution >= 0.6 is 15.9 Å². The number of rotatable bonds is 16. The second-order valence-electron chi connectivity index (χ2n) is 10.1. The van der Waals surface area contributed by atoms with Gasteiger partial charge >= 0.3 is 0 Å². The van der Waals surface area contributed by atoms with Crippen LogP contribution in [0.3, 0.4) is 0 Å². The van der Waals surface area contributed by atoms with Gasteiger partial charge in [0.2, 0.25) is 21.8 Å². The minimum absolute atomic E-state index is 0.0756. The molecule has 0 saturated carbocycles. The van der Waals surface area contributed by atoms with Gasteiger partial charge in [-0.2, -0.15) is 0 Å². The molecule has 1 N–H and O–H groups in total. The first-order chi connectivity index (χ1) is 20.1. The van der Waals surface area contributed by atoms with Gasteiger partial charge in [0.05, 0.1) is 19.1 Å². The van der Waals surface area contributed by atoms with Crippen molar-refractivity contribution in [1.82, 2.24) is 10.2 Å². The molecule has 0 bridgehead atoms. The van der Waals surface area contributed by atoms with Crippen LogP contribution in [0.5, 0.6) is 5.75 Å². The van der Waals surface area contributed by atoms with Gasteiger partial charge in [-0.15, -0.1) is 0 Å². The van der Waals surface area contributed by atoms with Crippen LogP contribution in [0.4, 0.5) is 5.69 Å². The van der Waals surface area contributed by atoms with E-state index in [0.717, 1.165) is 34.7 Å². The summed E-state index contributed by atoms with van der Waals surface area (Å²) in [5, 5.41) is 3.02. The Morgan fingerprint density at radius 2 is 1.60 bits per heavy atom. The molecular formula is C32H40BrN3O5S. The van der Waals surface area contributed by atoms with Crippen molar-refractivity contribution in [2.75, 3.05) is 30.8 Å². The molecule has 0 aliphatic carbocycles. The first-order valence-electron chi connectivity index (χ1n) is 14.1. The molecule has 0 heterocycles. The molecular weight excluding hydrogens is 618 g/mol. The highest BCUT2D eigenvalue weighted by Crippen LogP contribution is 2.23. The largest absolute Gasteiger partial charge is 0.497 e. The number of nitrogens with one attached hydrogen (secondary N) is 1. The highest BCUT2D eigenvalue weighted by Gasteiger charge is 2.30. The molecule has 0 aromatic heterocycles. The Morgan fingerprint density at radius 3 is 2.19 bits per heavy atom. The van der Waals surface area contributed by atoms with Crippen LogP contribution in [0.15, 0.2) is 83.3 Å². The maximum Gasteiger partial charge on any atom is 0.243 e. The van der Waals surface area contributed by atoms with Crippen LogP contribution in [0.25, 0.3) is 0 Å². The summed E-state index contributed by atoms with van der Waals surface area (Å²) in [6, 6.07) is 23.3. The third kappa shape index (κ3) is 10.2. The Hall–Kier alpha value is -3.37. The van der Waals surface area contributed by atoms with Crippen molar-refractivity contribution in [1.29, 1.82) is 0 Å². The standard InChI is InChI=1S/C32H40BrN3O5S/c1-4-5-21-34-32(38)30(23-25-10-7-6-8-11-25)35(24-26-13-15-27(33)16-14-26)31(37)12-9-22-36(42(3,39)40)28-17-19-29(41-2)20-18-28/h6-8,10-11,13-20,30H,4-5,9,12,21-24H2,1-3H3,(H,34,38). The van der Waals surface area contributed by atoms with Crippen LogP contribution in [0, 0.1) is 0 Å². The Bertz CT molecular complexity index is 1380. The minimum Gasteiger partial charge on any atom is -0.497 e. The van der Waals surface area contributed by atoms with Crippen LogP contribution in [-0.2, 0) is 32.6 Å². The molecule has 10 heteroatoms. The summed E-state index contributed by atoms with van der Waals surface area (Å²) in [5.41, 5.74) is 2.33. The quantitative estimate of drug-likeness (QED) is 0.204. The summed E-state index contributed by atoms with van der Waals surface area (Å²) in [7, 11) is -2.05. The van der Waals surface area contributed by atoms with Gasteiger partial charge in [-0.05, 0) is 60.4 Å². The summed E-state index contributed by atoms with van der Waals surface area (Å²) in [6.07, 6.45) is 3.65. The summed E-state index contributed by atoms with van der Waals surface area (Å²) in [4.78, 5) is 29.1. The van der Waals surface area contributed by atoms with Crippen LogP contribution in [-0.4, -0.2) is 57.6 Å². The summed E-state index contributed by atoms with van der Waals surface area (Å²) in [6.45, 7) is 2.96. The van der Waals surface area contributed by atoms with Crippen molar-refractivity contribution in [2.45, 2.75) is 51.6 Å². The number of benzene rings is 3. The zero-order chi connectivity index (χ0) is 30.5. The Kier molecular flexibility index (Phi) is 12.9. The van der Waals surface area contributed by atoms with Crippen molar-refractivity contribution in [3.63, 3.8) is 0 Å². The molecule has 0 radical (unpaired) electrons. The van der Waals surface area contributed by atoms with E-state index in [-0.39, 0.29) is 37.7 Å². The molecule has 3 aromatic carbocycles. The molecule has 0 spiro atoms. The van der Waals surface area contributed by atoms with E-state index in [9.17, 15) is 18.0 Å². The van der Waals surface area contributed by atoms with E-state index in [1.54, 1.807) is 36.3 Å². The molecule has 42 heavy (non-hydrogen) atoms. The monoisotopic (exact) mass is 657 g/mol. The second-order valence-corrected chi connectivity index (χ2v) is 13.0. The third-order valence-corrected chi connectivity index (χ3v) is 8.60. The molecule has 0 aliphatic heterocycles. The second kappa shape index (κ2) is 16.3. The van der Waals surface area contributed by atoms with Crippen molar-refractivity contribution in [3.05, 3.63) is 94.5 Å². The number of amides is 2. The van der Waals surface area contributed by atoms with E-state index in [1.165, 1.54) is 4.31 Å². The smallest absolute Gasteiger partial charge is 0.243 e. The third-order valence-electron chi connectivity index (χ3n) is 6.88. The van der Waals surface area contributed by atoms with Crippen molar-refractivity contribution in [2.24, 2.45) is 0 Å². The van der Waals surface area contributed by atoms with Gasteiger partial charge in [0.15, 0.2) is 0 Å². The predicted molar refractivity (Wildman–Crippen MR) is 171 cm³/mol. The number of ether oxygens (including phenoxy) is 1. The number of anilines is 1. The molecule has 1 unspecified atom stereocenters. The average molecular weight is 659 g/mol. The first kappa shape index (κ1) is 33.1. The molecule has 0 saturated heterocycles. The zero-order valence-electron chi connectivity index (χ0n) is 24.5. The van der Waals surface area contributed by atoms with Gasteiger partial charge in [0.25, 0.3) is 0 Å². The van der Waals surface area contributed by atoms with Crippen LogP contribution < -0.4 is 14.4 Å². The Balaban J connectivity index is 1.85. The van der Waals surface area contributed by atoms with E-state index < -0.39 is 16.1 Å². The fourth-order valence-electron chi connectivity index (χ4n) is 4.60. The lowest BCUT2D eigenvalue weighted by Gasteiger charge is -2.32. The summed E-state index contributed by atoms with van der Waals surface area (Å²) < 4.78 is 32.7. The normalized spacial score (nSPS) is 11.9. The predicted octanol–water partition coefficient (Wildman–Crippen LogP) is 5.56. The highest BCUT2D eigenvalue weighted by atomic mass is 79.9. The summed E-state index contributed by atoms with van der Waals surface area (Å²) in [5.74, 6) is 0.203. The minimum atomic E-state index is -3.59. The maximum absolute atomic E-state index is 13.9. The van der Waals surface area contributed by atoms with Gasteiger partial charge in [-0.1, -0.05) is 71.7 Å². The van der Waals surface area contributed by atoms with E-state index in [4.69, 9.17) is 4.74 Å². The number of hydrogen-bond acceptors (Lipinski definition) is 5. The fraction of sp³-hybridized carbons (Fsp3) is 0.375. The number of nitrogens with zero attached hydrogens (tertiary/aromatic N) is 2. The first-order valence-corrected chi connectivity index (χ1v) is 16.7. The lowest BCUT2D eigenvalue weighted by Crippen LogP contribution is -2.50. The lowest BCUT2D eigenvalue weighted by atomic mass is 10.0. The van der Waals surface area contributed by atoms with Crippen LogP contribution in [0.1, 0.15) is 43.7 Å². The number of unbranched alkanes of at least 4 members (excludes halogenated alkanes) is 1. The van der Waals surface area contributed by atoms with Crippen molar-refractivity contribution in [3.8, 4) is 5.75 Å². The number of methoxy groups -OCH3 is 1. The van der Waals surface area contributed by atoms with Gasteiger partial charge in [0.1, 0.15) is 11.8 Å². The van der Waals surface area contributed by atoms with E-state index in [2.05, 4.69) is 28.2 Å². The van der Waals surface area contributed by atoms with Gasteiger partial charge < -0.3 is 15.0 Å². The fourth-order valence-corrected chi connectivity index (χ4v) is 5.83. The number of carbonyl (C=O) groups is 2. The lowest BCUT2D eigenvalue weighted by molar-refractivity contribution is -0.141. The molecule has 1 atom stereocenters. The number of halogens is 1. The summed E-state index contributed by atoms with van der Waals surface area (Å²) >= 11 is 3.46. The molecule has 226 valence electrons. The van der Waals surface area contributed by atoms with Crippen LogP contribution in [0.2, 0.25) is 0 Å². The van der Waals surface area contributed by atoms with Crippen molar-refractivity contribution < 1.29 is 22.7 Å². The topological polar surface area (TPSA) is 96.0 Å². The van der Waals surface area contributed by atoms with Crippen molar-refractivity contribution >= 4 is 43.5 Å². The van der Waals surface area contributed by atoms with Gasteiger partial charge in [-0.3, -0.25) is 13.9 Å². The molecule has 3 rings (SSSR count). The van der Waals surface area contributed by atoms with Gasteiger partial charge in [0, 0.05) is 36.9 Å². The highest BCUT2D eigenvalue weighted by molar-refractivity contribution is 9.10. The molecule has 2 amide bonds. The van der Waals surface area contributed by atoms with E-state index in [0.29, 0.717) is 24.4 Å². The Labute approximate surface area is 258 Å². The number of hydrogen-bond donors (Lipinski definition) is 1. The zero-order valence-corrected chi connectivity index (χ0v) is 26.9. The maximum atomic E-state index is 13.9. The number of sulfonamides is 1. The molecule has 3 aromatic rings. The van der Waals surface area contributed by atoms with E-state index in [1.807, 2.05) is 54.6 Å². The SMILES string of the molecule is CCCCNC(=O)C(Cc1ccccc1)N(Cc1ccc(Br)cc1)C(=O)CCCN(c1ccc(OC)cc1)S(C)(=O)=O. The number of carbonyl (C=O) groups excluding carboxylic acids is 2. The molecule has 0 aliphatic rings. The average Bonchev–Trinajstić information content (AvgIpc) is 2.98. The molecule has 0 fully saturated rings. The molecule has 8 nitrogen and oxygen atoms in total.